The molecule has 0 radical (unpaired) electrons. The van der Waals surface area contributed by atoms with Gasteiger partial charge in [0, 0.05) is 0 Å². The summed E-state index contributed by atoms with van der Waals surface area (Å²) in [5, 5.41) is 10.1. The van der Waals surface area contributed by atoms with Crippen LogP contribution in [0.2, 0.25) is 0 Å². The minimum absolute atomic E-state index is 0.139. The summed E-state index contributed by atoms with van der Waals surface area (Å²) in [6, 6.07) is 0. The van der Waals surface area contributed by atoms with Crippen molar-refractivity contribution in [2.75, 3.05) is 0 Å². The Balaban J connectivity index is 1.46. The Labute approximate surface area is 201 Å². The lowest BCUT2D eigenvalue weighted by molar-refractivity contribution is -0.0563. The fourth-order valence-electron chi connectivity index (χ4n) is 8.91. The van der Waals surface area contributed by atoms with Crippen LogP contribution in [0.15, 0.2) is 11.6 Å². The van der Waals surface area contributed by atoms with Crippen LogP contribution in [-0.4, -0.2) is 29.8 Å². The van der Waals surface area contributed by atoms with E-state index in [1.807, 2.05) is 13.8 Å². The van der Waals surface area contributed by atoms with Gasteiger partial charge in [-0.1, -0.05) is 45.3 Å². The molecule has 4 aliphatic rings. The van der Waals surface area contributed by atoms with Gasteiger partial charge in [0.25, 0.3) is 0 Å². The Kier molecular flexibility index (Phi) is 6.92. The number of aliphatic hydroxyl groups is 1. The Morgan fingerprint density at radius 1 is 1.15 bits per heavy atom. The van der Waals surface area contributed by atoms with Gasteiger partial charge < -0.3 is 5.11 Å². The highest BCUT2D eigenvalue weighted by atomic mass is 32.3. The minimum atomic E-state index is -4.40. The smallest absolute Gasteiger partial charge is 0.390 e. The quantitative estimate of drug-likeness (QED) is 0.327. The van der Waals surface area contributed by atoms with E-state index in [0.717, 1.165) is 43.4 Å². The third kappa shape index (κ3) is 5.10. The van der Waals surface area contributed by atoms with Crippen LogP contribution in [0.4, 0.5) is 0 Å². The van der Waals surface area contributed by atoms with Crippen LogP contribution in [0.5, 0.6) is 0 Å². The van der Waals surface area contributed by atoms with E-state index in [1.54, 1.807) is 0 Å². The molecule has 0 aromatic heterocycles. The van der Waals surface area contributed by atoms with Crippen molar-refractivity contribution in [3.8, 4) is 0 Å². The molecule has 3 saturated carbocycles. The average molecular weight is 483 g/mol. The van der Waals surface area contributed by atoms with E-state index in [4.69, 9.17) is 8.74 Å². The SMILES string of the molecule is C[C@H](CCCC(C)(C)O)[C@H]1CCC2C3CC=C4C[C@@H](OS(=O)(=O)O)CC[C@]4(C)C3CC[C@@]21C. The van der Waals surface area contributed by atoms with Crippen LogP contribution >= 0.6 is 0 Å². The first-order chi connectivity index (χ1) is 15.2. The van der Waals surface area contributed by atoms with Crippen LogP contribution in [0.1, 0.15) is 105 Å². The highest BCUT2D eigenvalue weighted by Crippen LogP contribution is 2.67. The van der Waals surface area contributed by atoms with Gasteiger partial charge in [0.2, 0.25) is 0 Å². The predicted octanol–water partition coefficient (Wildman–Crippen LogP) is 6.33. The van der Waals surface area contributed by atoms with Gasteiger partial charge in [0.15, 0.2) is 0 Å². The predicted molar refractivity (Wildman–Crippen MR) is 131 cm³/mol. The molecule has 2 N–H and O–H groups in total. The first kappa shape index (κ1) is 25.7. The molecular formula is C27H46O5S. The second-order valence-corrected chi connectivity index (χ2v) is 14.1. The van der Waals surface area contributed by atoms with E-state index in [2.05, 4.69) is 26.8 Å². The maximum atomic E-state index is 11.2. The van der Waals surface area contributed by atoms with Crippen molar-refractivity contribution >= 4 is 10.4 Å². The van der Waals surface area contributed by atoms with Gasteiger partial charge >= 0.3 is 10.4 Å². The molecule has 8 atom stereocenters. The lowest BCUT2D eigenvalue weighted by Gasteiger charge is -2.58. The second kappa shape index (κ2) is 8.90. The second-order valence-electron chi connectivity index (χ2n) is 13.1. The zero-order chi connectivity index (χ0) is 24.2. The van der Waals surface area contributed by atoms with Crippen LogP contribution in [0.3, 0.4) is 0 Å². The summed E-state index contributed by atoms with van der Waals surface area (Å²) in [5.41, 5.74) is 1.36. The first-order valence-electron chi connectivity index (χ1n) is 13.3. The molecule has 6 heteroatoms. The lowest BCUT2D eigenvalue weighted by Crippen LogP contribution is -2.51. The van der Waals surface area contributed by atoms with Gasteiger partial charge in [-0.15, -0.1) is 0 Å². The summed E-state index contributed by atoms with van der Waals surface area (Å²) in [6.45, 7) is 11.3. The molecule has 0 aromatic rings. The van der Waals surface area contributed by atoms with Gasteiger partial charge in [-0.25, -0.2) is 4.18 Å². The number of allylic oxidation sites excluding steroid dienone is 1. The van der Waals surface area contributed by atoms with Gasteiger partial charge in [0.1, 0.15) is 0 Å². The molecule has 0 heterocycles. The van der Waals surface area contributed by atoms with Crippen LogP contribution in [0, 0.1) is 40.4 Å². The van der Waals surface area contributed by atoms with Gasteiger partial charge in [-0.2, -0.15) is 8.42 Å². The van der Waals surface area contributed by atoms with Gasteiger partial charge in [0.05, 0.1) is 11.7 Å². The van der Waals surface area contributed by atoms with Crippen molar-refractivity contribution in [3.05, 3.63) is 11.6 Å². The molecule has 5 nitrogen and oxygen atoms in total. The van der Waals surface area contributed by atoms with Gasteiger partial charge in [-0.3, -0.25) is 4.55 Å². The summed E-state index contributed by atoms with van der Waals surface area (Å²) in [5.74, 6) is 3.66. The monoisotopic (exact) mass is 482 g/mol. The third-order valence-corrected chi connectivity index (χ3v) is 11.0. The highest BCUT2D eigenvalue weighted by molar-refractivity contribution is 7.80. The van der Waals surface area contributed by atoms with Crippen molar-refractivity contribution in [1.29, 1.82) is 0 Å². The van der Waals surface area contributed by atoms with E-state index in [9.17, 15) is 13.5 Å². The highest BCUT2D eigenvalue weighted by Gasteiger charge is 2.59. The Bertz CT molecular complexity index is 858. The van der Waals surface area contributed by atoms with E-state index >= 15 is 0 Å². The molecule has 3 unspecified atom stereocenters. The zero-order valence-electron chi connectivity index (χ0n) is 21.3. The third-order valence-electron chi connectivity index (χ3n) is 10.5. The molecule has 0 saturated heterocycles. The van der Waals surface area contributed by atoms with Crippen molar-refractivity contribution in [3.63, 3.8) is 0 Å². The topological polar surface area (TPSA) is 83.8 Å². The normalized spacial score (nSPS) is 42.2. The average Bonchev–Trinajstić information content (AvgIpc) is 3.03. The summed E-state index contributed by atoms with van der Waals surface area (Å²) >= 11 is 0. The van der Waals surface area contributed by atoms with Crippen molar-refractivity contribution in [2.45, 2.75) is 117 Å². The van der Waals surface area contributed by atoms with Crippen molar-refractivity contribution < 1.29 is 22.3 Å². The van der Waals surface area contributed by atoms with E-state index in [0.29, 0.717) is 30.1 Å². The number of hydrogen-bond acceptors (Lipinski definition) is 4. The van der Waals surface area contributed by atoms with E-state index < -0.39 is 22.1 Å². The van der Waals surface area contributed by atoms with E-state index in [-0.39, 0.29) is 5.41 Å². The van der Waals surface area contributed by atoms with Gasteiger partial charge in [-0.05, 0) is 112 Å². The molecule has 3 fully saturated rings. The van der Waals surface area contributed by atoms with Crippen molar-refractivity contribution in [1.82, 2.24) is 0 Å². The molecule has 0 bridgehead atoms. The molecule has 0 aliphatic heterocycles. The van der Waals surface area contributed by atoms with Crippen LogP contribution in [0.25, 0.3) is 0 Å². The maximum absolute atomic E-state index is 11.2. The summed E-state index contributed by atoms with van der Waals surface area (Å²) < 4.78 is 36.5. The molecule has 0 spiro atoms. The molecule has 4 aliphatic carbocycles. The number of rotatable bonds is 7. The summed E-state index contributed by atoms with van der Waals surface area (Å²) in [4.78, 5) is 0. The Morgan fingerprint density at radius 2 is 1.88 bits per heavy atom. The zero-order valence-corrected chi connectivity index (χ0v) is 22.2. The molecule has 0 aromatic carbocycles. The molecule has 0 amide bonds. The lowest BCUT2D eigenvalue weighted by atomic mass is 9.47. The molecule has 33 heavy (non-hydrogen) atoms. The maximum Gasteiger partial charge on any atom is 0.397 e. The summed E-state index contributed by atoms with van der Waals surface area (Å²) in [6.07, 6.45) is 13.8. The fourth-order valence-corrected chi connectivity index (χ4v) is 9.42. The number of hydrogen-bond donors (Lipinski definition) is 2. The van der Waals surface area contributed by atoms with E-state index in [1.165, 1.54) is 37.7 Å². The molecular weight excluding hydrogens is 436 g/mol. The summed E-state index contributed by atoms with van der Waals surface area (Å²) in [7, 11) is -4.40. The number of fused-ring (bicyclic) bond motifs is 5. The first-order valence-corrected chi connectivity index (χ1v) is 14.7. The largest absolute Gasteiger partial charge is 0.397 e. The Morgan fingerprint density at radius 3 is 2.55 bits per heavy atom. The molecule has 4 rings (SSSR count). The van der Waals surface area contributed by atoms with Crippen LogP contribution < -0.4 is 0 Å². The van der Waals surface area contributed by atoms with Crippen LogP contribution in [-0.2, 0) is 14.6 Å². The fraction of sp³-hybridized carbons (Fsp3) is 0.926. The molecule has 190 valence electrons. The standard InChI is InChI=1S/C27H46O5S/c1-18(7-6-14-25(2,3)28)22-10-11-23-21-9-8-19-17-20(32-33(29,30)31)12-15-26(19,4)24(21)13-16-27(22,23)5/h8,18,20-24,28H,6-7,9-17H2,1-5H3,(H,29,30,31)/t18-,20+,21?,22-,23?,24?,26+,27-/m1/s1. The van der Waals surface area contributed by atoms with Crippen molar-refractivity contribution in [2.24, 2.45) is 40.4 Å². The Hall–Kier alpha value is -0.430. The minimum Gasteiger partial charge on any atom is -0.390 e.